The number of hydrogen-bond donors (Lipinski definition) is 1. The molecule has 0 fully saturated rings. The van der Waals surface area contributed by atoms with Crippen LogP contribution in [0, 0.1) is 12.8 Å². The van der Waals surface area contributed by atoms with Crippen LogP contribution < -0.4 is 0 Å². The SMILES string of the molecule is C=C(/C=C\c1[nH]cc(C(C)C)c1C)C(C)C. The van der Waals surface area contributed by atoms with Gasteiger partial charge in [-0.3, -0.25) is 0 Å². The van der Waals surface area contributed by atoms with Crippen LogP contribution in [0.3, 0.4) is 0 Å². The molecule has 1 aromatic heterocycles. The highest BCUT2D eigenvalue weighted by Crippen LogP contribution is 2.22. The summed E-state index contributed by atoms with van der Waals surface area (Å²) in [5.74, 6) is 1.09. The van der Waals surface area contributed by atoms with Gasteiger partial charge in [-0.25, -0.2) is 0 Å². The standard InChI is InChI=1S/C15H23N/c1-10(2)12(5)7-8-15-13(6)14(9-16-15)11(3)4/h7-11,16H,5H2,1-4,6H3/b8-7-. The molecule has 1 rings (SSSR count). The fourth-order valence-electron chi connectivity index (χ4n) is 1.68. The number of hydrogen-bond acceptors (Lipinski definition) is 0. The zero-order valence-corrected chi connectivity index (χ0v) is 11.1. The van der Waals surface area contributed by atoms with Crippen LogP contribution in [0.25, 0.3) is 6.08 Å². The second-order valence-corrected chi connectivity index (χ2v) is 5.00. The van der Waals surface area contributed by atoms with Gasteiger partial charge in [0.05, 0.1) is 0 Å². The van der Waals surface area contributed by atoms with Gasteiger partial charge in [-0.2, -0.15) is 0 Å². The maximum atomic E-state index is 4.04. The Balaban J connectivity index is 2.87. The fraction of sp³-hybridized carbons (Fsp3) is 0.467. The molecule has 88 valence electrons. The van der Waals surface area contributed by atoms with Crippen LogP contribution in [-0.2, 0) is 0 Å². The van der Waals surface area contributed by atoms with Gasteiger partial charge in [0, 0.05) is 11.9 Å². The number of nitrogens with one attached hydrogen (secondary N) is 1. The smallest absolute Gasteiger partial charge is 0.0413 e. The number of H-pyrrole nitrogens is 1. The third-order valence-corrected chi connectivity index (χ3v) is 3.05. The average molecular weight is 217 g/mol. The zero-order chi connectivity index (χ0) is 12.3. The Morgan fingerprint density at radius 3 is 2.38 bits per heavy atom. The first-order chi connectivity index (χ1) is 7.43. The highest BCUT2D eigenvalue weighted by atomic mass is 14.7. The first kappa shape index (κ1) is 12.8. The van der Waals surface area contributed by atoms with Gasteiger partial charge < -0.3 is 4.98 Å². The summed E-state index contributed by atoms with van der Waals surface area (Å²) in [7, 11) is 0. The summed E-state index contributed by atoms with van der Waals surface area (Å²) in [6.07, 6.45) is 6.34. The lowest BCUT2D eigenvalue weighted by Gasteiger charge is -2.04. The van der Waals surface area contributed by atoms with Crippen molar-refractivity contribution in [3.05, 3.63) is 41.2 Å². The lowest BCUT2D eigenvalue weighted by Crippen LogP contribution is -1.88. The van der Waals surface area contributed by atoms with E-state index in [4.69, 9.17) is 0 Å². The number of allylic oxidation sites excluding steroid dienone is 2. The summed E-state index contributed by atoms with van der Waals surface area (Å²) in [6.45, 7) is 15.0. The largest absolute Gasteiger partial charge is 0.361 e. The Morgan fingerprint density at radius 2 is 1.94 bits per heavy atom. The molecule has 0 saturated heterocycles. The molecule has 1 heterocycles. The molecule has 1 N–H and O–H groups in total. The van der Waals surface area contributed by atoms with E-state index in [2.05, 4.69) is 64.5 Å². The Labute approximate surface area is 99.3 Å². The monoisotopic (exact) mass is 217 g/mol. The summed E-state index contributed by atoms with van der Waals surface area (Å²) in [5.41, 5.74) is 5.11. The van der Waals surface area contributed by atoms with E-state index in [9.17, 15) is 0 Å². The lowest BCUT2D eigenvalue weighted by atomic mass is 10.0. The summed E-state index contributed by atoms with van der Waals surface area (Å²) in [5, 5.41) is 0. The summed E-state index contributed by atoms with van der Waals surface area (Å²) in [4.78, 5) is 3.32. The molecule has 16 heavy (non-hydrogen) atoms. The van der Waals surface area contributed by atoms with Crippen molar-refractivity contribution in [3.63, 3.8) is 0 Å². The molecule has 1 heteroatoms. The second-order valence-electron chi connectivity index (χ2n) is 5.00. The van der Waals surface area contributed by atoms with Gasteiger partial charge in [-0.1, -0.05) is 45.9 Å². The molecule has 0 aliphatic heterocycles. The molecule has 0 aromatic carbocycles. The van der Waals surface area contributed by atoms with Crippen LogP contribution in [0.4, 0.5) is 0 Å². The molecule has 0 unspecified atom stereocenters. The minimum Gasteiger partial charge on any atom is -0.361 e. The van der Waals surface area contributed by atoms with E-state index in [1.54, 1.807) is 0 Å². The van der Waals surface area contributed by atoms with E-state index in [1.165, 1.54) is 22.4 Å². The molecule has 0 aliphatic carbocycles. The molecule has 1 nitrogen and oxygen atoms in total. The molecule has 0 saturated carbocycles. The molecule has 0 atom stereocenters. The molecular weight excluding hydrogens is 194 g/mol. The summed E-state index contributed by atoms with van der Waals surface area (Å²) < 4.78 is 0. The van der Waals surface area contributed by atoms with Crippen LogP contribution in [0.5, 0.6) is 0 Å². The lowest BCUT2D eigenvalue weighted by molar-refractivity contribution is 0.796. The molecule has 0 radical (unpaired) electrons. The van der Waals surface area contributed by atoms with Gasteiger partial charge in [-0.15, -0.1) is 0 Å². The third-order valence-electron chi connectivity index (χ3n) is 3.05. The van der Waals surface area contributed by atoms with Crippen LogP contribution in [0.15, 0.2) is 24.4 Å². The normalized spacial score (nSPS) is 11.9. The zero-order valence-electron chi connectivity index (χ0n) is 11.1. The Kier molecular flexibility index (Phi) is 4.17. The van der Waals surface area contributed by atoms with Gasteiger partial charge in [0.15, 0.2) is 0 Å². The van der Waals surface area contributed by atoms with Crippen molar-refractivity contribution < 1.29 is 0 Å². The number of aromatic nitrogens is 1. The topological polar surface area (TPSA) is 15.8 Å². The highest BCUT2D eigenvalue weighted by molar-refractivity contribution is 5.55. The van der Waals surface area contributed by atoms with E-state index in [0.717, 1.165) is 0 Å². The second kappa shape index (κ2) is 5.20. The minimum absolute atomic E-state index is 0.510. The van der Waals surface area contributed by atoms with Gasteiger partial charge in [-0.05, 0) is 36.0 Å². The first-order valence-electron chi connectivity index (χ1n) is 5.98. The van der Waals surface area contributed by atoms with Crippen molar-refractivity contribution in [2.45, 2.75) is 40.5 Å². The van der Waals surface area contributed by atoms with E-state index in [-0.39, 0.29) is 0 Å². The van der Waals surface area contributed by atoms with Crippen LogP contribution >= 0.6 is 0 Å². The molecule has 0 amide bonds. The van der Waals surface area contributed by atoms with Gasteiger partial charge in [0.25, 0.3) is 0 Å². The average Bonchev–Trinajstić information content (AvgIpc) is 2.56. The highest BCUT2D eigenvalue weighted by Gasteiger charge is 2.07. The maximum absolute atomic E-state index is 4.04. The van der Waals surface area contributed by atoms with E-state index in [0.29, 0.717) is 11.8 Å². The van der Waals surface area contributed by atoms with Crippen molar-refractivity contribution in [2.24, 2.45) is 5.92 Å². The summed E-state index contributed by atoms with van der Waals surface area (Å²) >= 11 is 0. The van der Waals surface area contributed by atoms with E-state index >= 15 is 0 Å². The fourth-order valence-corrected chi connectivity index (χ4v) is 1.68. The molecule has 0 bridgehead atoms. The van der Waals surface area contributed by atoms with Gasteiger partial charge >= 0.3 is 0 Å². The molecule has 0 spiro atoms. The minimum atomic E-state index is 0.510. The number of aromatic amines is 1. The maximum Gasteiger partial charge on any atom is 0.0413 e. The van der Waals surface area contributed by atoms with Crippen LogP contribution in [0.2, 0.25) is 0 Å². The van der Waals surface area contributed by atoms with Gasteiger partial charge in [0.1, 0.15) is 0 Å². The van der Waals surface area contributed by atoms with Crippen molar-refractivity contribution in [1.82, 2.24) is 4.98 Å². The van der Waals surface area contributed by atoms with Gasteiger partial charge in [0.2, 0.25) is 0 Å². The van der Waals surface area contributed by atoms with Crippen LogP contribution in [-0.4, -0.2) is 4.98 Å². The van der Waals surface area contributed by atoms with Crippen molar-refractivity contribution in [3.8, 4) is 0 Å². The summed E-state index contributed by atoms with van der Waals surface area (Å²) in [6, 6.07) is 0. The number of rotatable bonds is 4. The van der Waals surface area contributed by atoms with Crippen molar-refractivity contribution in [2.75, 3.05) is 0 Å². The quantitative estimate of drug-likeness (QED) is 0.705. The molecule has 0 aliphatic rings. The first-order valence-corrected chi connectivity index (χ1v) is 5.98. The van der Waals surface area contributed by atoms with Crippen LogP contribution in [0.1, 0.15) is 50.4 Å². The Hall–Kier alpha value is -1.24. The predicted octanol–water partition coefficient (Wildman–Crippen LogP) is 4.67. The van der Waals surface area contributed by atoms with E-state index < -0.39 is 0 Å². The molecule has 1 aromatic rings. The van der Waals surface area contributed by atoms with Crippen molar-refractivity contribution in [1.29, 1.82) is 0 Å². The third kappa shape index (κ3) is 2.88. The molecular formula is C15H23N. The Bertz CT molecular complexity index is 392. The van der Waals surface area contributed by atoms with E-state index in [1.807, 2.05) is 0 Å². The predicted molar refractivity (Wildman–Crippen MR) is 72.6 cm³/mol. The van der Waals surface area contributed by atoms with Crippen molar-refractivity contribution >= 4 is 6.08 Å². The Morgan fingerprint density at radius 1 is 1.31 bits per heavy atom.